The zero-order chi connectivity index (χ0) is 30.1. The van der Waals surface area contributed by atoms with Gasteiger partial charge < -0.3 is 9.13 Å². The van der Waals surface area contributed by atoms with Crippen LogP contribution in [0.3, 0.4) is 0 Å². The molecule has 0 aliphatic rings. The van der Waals surface area contributed by atoms with Gasteiger partial charge in [-0.05, 0) is 56.0 Å². The number of pyridine rings is 1. The predicted octanol–water partition coefficient (Wildman–Crippen LogP) is 10.0. The van der Waals surface area contributed by atoms with Gasteiger partial charge in [0.15, 0.2) is 0 Å². The van der Waals surface area contributed by atoms with Crippen LogP contribution in [0.4, 0.5) is 0 Å². The van der Waals surface area contributed by atoms with Gasteiger partial charge in [-0.15, -0.1) is 0 Å². The van der Waals surface area contributed by atoms with E-state index in [4.69, 9.17) is 4.98 Å². The summed E-state index contributed by atoms with van der Waals surface area (Å²) in [6, 6.07) is 36.5. The number of aromatic nitrogens is 3. The molecule has 0 saturated heterocycles. The van der Waals surface area contributed by atoms with Crippen molar-refractivity contribution in [2.75, 3.05) is 0 Å². The van der Waals surface area contributed by atoms with Crippen molar-refractivity contribution >= 4 is 43.6 Å². The third-order valence-corrected chi connectivity index (χ3v) is 9.13. The number of hydrogen-bond acceptors (Lipinski definition) is 2. The molecule has 0 atom stereocenters. The van der Waals surface area contributed by atoms with E-state index in [9.17, 15) is 5.26 Å². The van der Waals surface area contributed by atoms with E-state index in [-0.39, 0.29) is 0 Å². The number of benzene rings is 5. The van der Waals surface area contributed by atoms with Crippen LogP contribution in [0.2, 0.25) is 0 Å². The lowest BCUT2D eigenvalue weighted by molar-refractivity contribution is 1.08. The van der Waals surface area contributed by atoms with Crippen LogP contribution >= 0.6 is 0 Å². The van der Waals surface area contributed by atoms with Crippen molar-refractivity contribution in [3.63, 3.8) is 0 Å². The highest BCUT2D eigenvalue weighted by molar-refractivity contribution is 6.13. The number of rotatable bonds is 3. The Morgan fingerprint density at radius 3 is 1.27 bits per heavy atom. The van der Waals surface area contributed by atoms with Crippen LogP contribution in [-0.4, -0.2) is 14.1 Å². The van der Waals surface area contributed by atoms with Crippen molar-refractivity contribution in [1.82, 2.24) is 14.1 Å². The van der Waals surface area contributed by atoms with Crippen molar-refractivity contribution in [2.45, 2.75) is 27.7 Å². The first kappa shape index (κ1) is 26.0. The van der Waals surface area contributed by atoms with E-state index < -0.39 is 0 Å². The molecule has 0 spiro atoms. The summed E-state index contributed by atoms with van der Waals surface area (Å²) < 4.78 is 4.76. The summed E-state index contributed by atoms with van der Waals surface area (Å²) in [6.45, 7) is 8.69. The summed E-state index contributed by atoms with van der Waals surface area (Å²) in [5.74, 6) is 0. The zero-order valence-corrected chi connectivity index (χ0v) is 25.2. The summed E-state index contributed by atoms with van der Waals surface area (Å²) in [7, 11) is 0. The molecule has 0 fully saturated rings. The number of fused-ring (bicyclic) bond motifs is 6. The van der Waals surface area contributed by atoms with E-state index in [1.165, 1.54) is 43.8 Å². The van der Waals surface area contributed by atoms with Gasteiger partial charge >= 0.3 is 0 Å². The lowest BCUT2D eigenvalue weighted by Gasteiger charge is -2.21. The fraction of sp³-hybridized carbons (Fsp3) is 0.100. The Morgan fingerprint density at radius 2 is 0.886 bits per heavy atom. The fourth-order valence-corrected chi connectivity index (χ4v) is 7.25. The Kier molecular flexibility index (Phi) is 5.73. The highest BCUT2D eigenvalue weighted by atomic mass is 15.0. The van der Waals surface area contributed by atoms with E-state index in [0.29, 0.717) is 5.56 Å². The summed E-state index contributed by atoms with van der Waals surface area (Å²) in [5.41, 5.74) is 13.8. The minimum atomic E-state index is 0.629. The molecule has 3 aromatic heterocycles. The second kappa shape index (κ2) is 9.69. The van der Waals surface area contributed by atoms with Crippen LogP contribution < -0.4 is 0 Å². The van der Waals surface area contributed by atoms with Gasteiger partial charge in [-0.2, -0.15) is 5.26 Å². The minimum absolute atomic E-state index is 0.629. The molecule has 0 amide bonds. The molecule has 44 heavy (non-hydrogen) atoms. The van der Waals surface area contributed by atoms with Gasteiger partial charge in [-0.3, -0.25) is 4.98 Å². The fourth-order valence-electron chi connectivity index (χ4n) is 7.25. The molecule has 210 valence electrons. The molecule has 8 aromatic rings. The number of hydrogen-bond donors (Lipinski definition) is 0. The van der Waals surface area contributed by atoms with Gasteiger partial charge in [0.05, 0.1) is 57.5 Å². The molecule has 5 aromatic carbocycles. The first-order chi connectivity index (χ1) is 21.5. The standard InChI is InChI=1S/C40H30N4/c1-24-11-7-17-30-31-18-8-12-25(2)38(31)43(37(24)30)34-22-42-23-35(36(34)29-16-6-5-15-28(29)21-41)44-39-26(3)13-9-19-32(39)33-20-10-14-27(4)40(33)44/h5-20,22-23H,1-4H3. The average Bonchev–Trinajstić information content (AvgIpc) is 3.57. The second-order valence-electron chi connectivity index (χ2n) is 11.8. The molecule has 8 rings (SSSR count). The maximum absolute atomic E-state index is 10.4. The molecule has 0 bridgehead atoms. The third-order valence-electron chi connectivity index (χ3n) is 9.13. The van der Waals surface area contributed by atoms with Gasteiger partial charge in [0.2, 0.25) is 0 Å². The topological polar surface area (TPSA) is 46.5 Å². The predicted molar refractivity (Wildman–Crippen MR) is 182 cm³/mol. The van der Waals surface area contributed by atoms with E-state index in [1.54, 1.807) is 0 Å². The van der Waals surface area contributed by atoms with Gasteiger partial charge in [-0.1, -0.05) is 91.0 Å². The molecule has 0 radical (unpaired) electrons. The van der Waals surface area contributed by atoms with Crippen molar-refractivity contribution in [2.24, 2.45) is 0 Å². The lowest BCUT2D eigenvalue weighted by atomic mass is 9.97. The Labute approximate surface area is 256 Å². The van der Waals surface area contributed by atoms with Crippen molar-refractivity contribution in [3.8, 4) is 28.6 Å². The van der Waals surface area contributed by atoms with Crippen molar-refractivity contribution < 1.29 is 0 Å². The van der Waals surface area contributed by atoms with Crippen LogP contribution in [0.25, 0.3) is 66.1 Å². The minimum Gasteiger partial charge on any atom is -0.306 e. The Hall–Kier alpha value is -5.66. The average molecular weight is 567 g/mol. The molecule has 0 aliphatic carbocycles. The largest absolute Gasteiger partial charge is 0.306 e. The smallest absolute Gasteiger partial charge is 0.0998 e. The van der Waals surface area contributed by atoms with Crippen LogP contribution in [0.15, 0.2) is 109 Å². The monoisotopic (exact) mass is 566 g/mol. The van der Waals surface area contributed by atoms with Crippen molar-refractivity contribution in [3.05, 3.63) is 137 Å². The molecule has 3 heterocycles. The molecule has 0 N–H and O–H groups in total. The molecule has 0 saturated carbocycles. The molecular formula is C40H30N4. The first-order valence-corrected chi connectivity index (χ1v) is 15.0. The quantitative estimate of drug-likeness (QED) is 0.214. The third kappa shape index (κ3) is 3.53. The molecule has 0 unspecified atom stereocenters. The Balaban J connectivity index is 1.64. The lowest BCUT2D eigenvalue weighted by Crippen LogP contribution is -2.07. The Bertz CT molecular complexity index is 2240. The number of aryl methyl sites for hydroxylation is 4. The van der Waals surface area contributed by atoms with Crippen LogP contribution in [0.1, 0.15) is 27.8 Å². The highest BCUT2D eigenvalue weighted by Crippen LogP contribution is 2.44. The van der Waals surface area contributed by atoms with E-state index in [0.717, 1.165) is 44.6 Å². The van der Waals surface area contributed by atoms with Gasteiger partial charge in [0.1, 0.15) is 0 Å². The van der Waals surface area contributed by atoms with Crippen molar-refractivity contribution in [1.29, 1.82) is 5.26 Å². The SMILES string of the molecule is Cc1cccc2c3cccc(C)c3n(-c3cncc(-n4c5c(C)cccc5c5cccc(C)c54)c3-c3ccccc3C#N)c12. The van der Waals surface area contributed by atoms with Crippen LogP contribution in [0.5, 0.6) is 0 Å². The normalized spacial score (nSPS) is 11.6. The Morgan fingerprint density at radius 1 is 0.500 bits per heavy atom. The van der Waals surface area contributed by atoms with E-state index in [1.807, 2.05) is 30.6 Å². The van der Waals surface area contributed by atoms with Gasteiger partial charge in [0.25, 0.3) is 0 Å². The maximum atomic E-state index is 10.4. The number of para-hydroxylation sites is 4. The maximum Gasteiger partial charge on any atom is 0.0998 e. The summed E-state index contributed by atoms with van der Waals surface area (Å²) in [6.07, 6.45) is 3.94. The van der Waals surface area contributed by atoms with E-state index >= 15 is 0 Å². The highest BCUT2D eigenvalue weighted by Gasteiger charge is 2.25. The second-order valence-corrected chi connectivity index (χ2v) is 11.8. The summed E-state index contributed by atoms with van der Waals surface area (Å²) in [4.78, 5) is 4.96. The van der Waals surface area contributed by atoms with Gasteiger partial charge in [0, 0.05) is 32.7 Å². The first-order valence-electron chi connectivity index (χ1n) is 15.0. The molecular weight excluding hydrogens is 536 g/mol. The van der Waals surface area contributed by atoms with Gasteiger partial charge in [-0.25, -0.2) is 0 Å². The number of nitriles is 1. The van der Waals surface area contributed by atoms with Crippen LogP contribution in [0, 0.1) is 39.0 Å². The number of nitrogens with zero attached hydrogens (tertiary/aromatic N) is 4. The molecule has 4 nitrogen and oxygen atoms in total. The van der Waals surface area contributed by atoms with Crippen LogP contribution in [-0.2, 0) is 0 Å². The summed E-state index contributed by atoms with van der Waals surface area (Å²) in [5, 5.41) is 15.2. The molecule has 0 aliphatic heterocycles. The summed E-state index contributed by atoms with van der Waals surface area (Å²) >= 11 is 0. The van der Waals surface area contributed by atoms with E-state index in [2.05, 4.69) is 122 Å². The zero-order valence-electron chi connectivity index (χ0n) is 25.2. The molecule has 4 heteroatoms.